The highest BCUT2D eigenvalue weighted by Crippen LogP contribution is 2.18. The van der Waals surface area contributed by atoms with Gasteiger partial charge in [0, 0.05) is 12.4 Å². The Balaban J connectivity index is 2.42. The molecule has 110 valence electrons. The lowest BCUT2D eigenvalue weighted by atomic mass is 10.2. The van der Waals surface area contributed by atoms with Crippen molar-refractivity contribution in [1.29, 1.82) is 0 Å². The fourth-order valence-electron chi connectivity index (χ4n) is 1.50. The van der Waals surface area contributed by atoms with Crippen molar-refractivity contribution in [2.24, 2.45) is 0 Å². The standard InChI is InChI=1S/C12H10FN3O4S/c1-7-2-3-8(6-9(7)13)21(19,20)16-11-10(12(17)18)14-4-5-15-11/h2-6H,1H3,(H,15,16)(H,17,18). The van der Waals surface area contributed by atoms with Crippen LogP contribution in [0, 0.1) is 12.7 Å². The Morgan fingerprint density at radius 1 is 1.29 bits per heavy atom. The molecular formula is C12H10FN3O4S. The third-order valence-corrected chi connectivity index (χ3v) is 3.92. The Bertz CT molecular complexity index is 808. The van der Waals surface area contributed by atoms with Gasteiger partial charge in [-0.05, 0) is 24.6 Å². The maximum absolute atomic E-state index is 13.4. The first-order valence-electron chi connectivity index (χ1n) is 5.64. The van der Waals surface area contributed by atoms with Gasteiger partial charge >= 0.3 is 5.97 Å². The summed E-state index contributed by atoms with van der Waals surface area (Å²) in [7, 11) is -4.16. The number of rotatable bonds is 4. The first kappa shape index (κ1) is 14.9. The van der Waals surface area contributed by atoms with Gasteiger partial charge in [0.15, 0.2) is 11.5 Å². The van der Waals surface area contributed by atoms with Crippen LogP contribution in [-0.2, 0) is 10.0 Å². The van der Waals surface area contributed by atoms with Gasteiger partial charge in [0.1, 0.15) is 5.82 Å². The number of nitrogens with zero attached hydrogens (tertiary/aromatic N) is 2. The maximum atomic E-state index is 13.4. The number of carboxylic acid groups (broad SMARTS) is 1. The van der Waals surface area contributed by atoms with Gasteiger partial charge in [0.25, 0.3) is 10.0 Å². The van der Waals surface area contributed by atoms with Crippen LogP contribution >= 0.6 is 0 Å². The summed E-state index contributed by atoms with van der Waals surface area (Å²) in [4.78, 5) is 17.8. The molecule has 0 radical (unpaired) electrons. The lowest BCUT2D eigenvalue weighted by molar-refractivity contribution is 0.0691. The van der Waals surface area contributed by atoms with E-state index in [0.717, 1.165) is 18.5 Å². The Morgan fingerprint density at radius 3 is 2.57 bits per heavy atom. The summed E-state index contributed by atoms with van der Waals surface area (Å²) >= 11 is 0. The number of benzene rings is 1. The molecule has 1 aromatic heterocycles. The number of nitrogens with one attached hydrogen (secondary N) is 1. The van der Waals surface area contributed by atoms with E-state index in [0.29, 0.717) is 5.56 Å². The third kappa shape index (κ3) is 3.14. The summed E-state index contributed by atoms with van der Waals surface area (Å²) in [5.74, 6) is -2.56. The van der Waals surface area contributed by atoms with Crippen LogP contribution in [0.25, 0.3) is 0 Å². The predicted octanol–water partition coefficient (Wildman–Crippen LogP) is 1.42. The highest BCUT2D eigenvalue weighted by Gasteiger charge is 2.21. The molecule has 1 aromatic carbocycles. The van der Waals surface area contributed by atoms with Crippen LogP contribution in [0.5, 0.6) is 0 Å². The van der Waals surface area contributed by atoms with E-state index in [2.05, 4.69) is 9.97 Å². The smallest absolute Gasteiger partial charge is 0.358 e. The van der Waals surface area contributed by atoms with Crippen molar-refractivity contribution in [3.05, 3.63) is 47.7 Å². The highest BCUT2D eigenvalue weighted by molar-refractivity contribution is 7.92. The topological polar surface area (TPSA) is 109 Å². The van der Waals surface area contributed by atoms with E-state index in [9.17, 15) is 17.6 Å². The fourth-order valence-corrected chi connectivity index (χ4v) is 2.52. The molecule has 0 amide bonds. The Hall–Kier alpha value is -2.55. The molecule has 9 heteroatoms. The zero-order valence-electron chi connectivity index (χ0n) is 10.7. The quantitative estimate of drug-likeness (QED) is 0.884. The number of aromatic nitrogens is 2. The van der Waals surface area contributed by atoms with Gasteiger partial charge in [0.2, 0.25) is 0 Å². The van der Waals surface area contributed by atoms with Crippen LogP contribution in [-0.4, -0.2) is 29.5 Å². The van der Waals surface area contributed by atoms with Gasteiger partial charge in [-0.25, -0.2) is 27.6 Å². The molecule has 0 fully saturated rings. The number of carboxylic acids is 1. The molecule has 0 spiro atoms. The molecule has 0 aliphatic heterocycles. The molecule has 2 rings (SSSR count). The normalized spacial score (nSPS) is 11.1. The summed E-state index contributed by atoms with van der Waals surface area (Å²) in [6, 6.07) is 3.35. The van der Waals surface area contributed by atoms with Crippen molar-refractivity contribution in [3.63, 3.8) is 0 Å². The van der Waals surface area contributed by atoms with Crippen molar-refractivity contribution < 1.29 is 22.7 Å². The third-order valence-electron chi connectivity index (χ3n) is 2.59. The fraction of sp³-hybridized carbons (Fsp3) is 0.0833. The highest BCUT2D eigenvalue weighted by atomic mass is 32.2. The molecule has 2 N–H and O–H groups in total. The van der Waals surface area contributed by atoms with Crippen LogP contribution in [0.4, 0.5) is 10.2 Å². The summed E-state index contributed by atoms with van der Waals surface area (Å²) in [5.41, 5.74) is -0.256. The van der Waals surface area contributed by atoms with Gasteiger partial charge in [-0.1, -0.05) is 6.07 Å². The first-order chi connectivity index (χ1) is 9.81. The number of hydrogen-bond acceptors (Lipinski definition) is 5. The number of anilines is 1. The molecule has 0 aliphatic carbocycles. The SMILES string of the molecule is Cc1ccc(S(=O)(=O)Nc2nccnc2C(=O)O)cc1F. The second-order valence-electron chi connectivity index (χ2n) is 4.08. The molecule has 0 atom stereocenters. The van der Waals surface area contributed by atoms with Crippen molar-refractivity contribution in [2.75, 3.05) is 4.72 Å². The summed E-state index contributed by atoms with van der Waals surface area (Å²) in [6.45, 7) is 1.49. The molecule has 1 heterocycles. The minimum atomic E-state index is -4.16. The number of halogens is 1. The largest absolute Gasteiger partial charge is 0.476 e. The lowest BCUT2D eigenvalue weighted by Crippen LogP contribution is -2.17. The van der Waals surface area contributed by atoms with Crippen LogP contribution in [0.1, 0.15) is 16.1 Å². The van der Waals surface area contributed by atoms with E-state index in [4.69, 9.17) is 5.11 Å². The van der Waals surface area contributed by atoms with Crippen molar-refractivity contribution in [3.8, 4) is 0 Å². The van der Waals surface area contributed by atoms with E-state index in [1.807, 2.05) is 4.72 Å². The number of sulfonamides is 1. The zero-order chi connectivity index (χ0) is 15.6. The maximum Gasteiger partial charge on any atom is 0.358 e. The molecule has 2 aromatic rings. The number of aromatic carboxylic acids is 1. The molecule has 0 saturated heterocycles. The summed E-state index contributed by atoms with van der Waals surface area (Å²) in [6.07, 6.45) is 2.26. The molecular weight excluding hydrogens is 301 g/mol. The second-order valence-corrected chi connectivity index (χ2v) is 5.76. The minimum absolute atomic E-state index is 0.291. The minimum Gasteiger partial charge on any atom is -0.476 e. The summed E-state index contributed by atoms with van der Waals surface area (Å²) < 4.78 is 39.6. The van der Waals surface area contributed by atoms with Crippen LogP contribution in [0.3, 0.4) is 0 Å². The van der Waals surface area contributed by atoms with Crippen molar-refractivity contribution >= 4 is 21.8 Å². The lowest BCUT2D eigenvalue weighted by Gasteiger charge is -2.09. The number of hydrogen-bond donors (Lipinski definition) is 2. The van der Waals surface area contributed by atoms with Crippen LogP contribution in [0.2, 0.25) is 0 Å². The number of aryl methyl sites for hydroxylation is 1. The zero-order valence-corrected chi connectivity index (χ0v) is 11.6. The van der Waals surface area contributed by atoms with Gasteiger partial charge in [0.05, 0.1) is 4.90 Å². The molecule has 0 saturated carbocycles. The van der Waals surface area contributed by atoms with Crippen LogP contribution in [0.15, 0.2) is 35.5 Å². The monoisotopic (exact) mass is 311 g/mol. The number of carbonyl (C=O) groups is 1. The average Bonchev–Trinajstić information content (AvgIpc) is 2.41. The van der Waals surface area contributed by atoms with Gasteiger partial charge in [-0.15, -0.1) is 0 Å². The van der Waals surface area contributed by atoms with Crippen molar-refractivity contribution in [2.45, 2.75) is 11.8 Å². The molecule has 0 aliphatic rings. The molecule has 21 heavy (non-hydrogen) atoms. The molecule has 7 nitrogen and oxygen atoms in total. The van der Waals surface area contributed by atoms with Crippen molar-refractivity contribution in [1.82, 2.24) is 9.97 Å². The van der Waals surface area contributed by atoms with E-state index >= 15 is 0 Å². The molecule has 0 unspecified atom stereocenters. The van der Waals surface area contributed by atoms with E-state index in [-0.39, 0.29) is 4.90 Å². The Kier molecular flexibility index (Phi) is 3.85. The first-order valence-corrected chi connectivity index (χ1v) is 7.13. The summed E-state index contributed by atoms with van der Waals surface area (Å²) in [5, 5.41) is 8.92. The van der Waals surface area contributed by atoms with E-state index in [1.54, 1.807) is 0 Å². The second kappa shape index (κ2) is 5.44. The van der Waals surface area contributed by atoms with E-state index < -0.39 is 33.3 Å². The van der Waals surface area contributed by atoms with Gasteiger partial charge in [-0.2, -0.15) is 0 Å². The van der Waals surface area contributed by atoms with Gasteiger partial charge in [-0.3, -0.25) is 4.72 Å². The van der Waals surface area contributed by atoms with Gasteiger partial charge < -0.3 is 5.11 Å². The predicted molar refractivity (Wildman–Crippen MR) is 70.9 cm³/mol. The Morgan fingerprint density at radius 2 is 1.95 bits per heavy atom. The Labute approximate surface area is 119 Å². The van der Waals surface area contributed by atoms with E-state index in [1.165, 1.54) is 19.1 Å². The average molecular weight is 311 g/mol. The molecule has 0 bridgehead atoms. The van der Waals surface area contributed by atoms with Crippen LogP contribution < -0.4 is 4.72 Å².